The number of ether oxygens (including phenoxy) is 1. The highest BCUT2D eigenvalue weighted by atomic mass is 35.5. The fourth-order valence-corrected chi connectivity index (χ4v) is 6.14. The van der Waals surface area contributed by atoms with Gasteiger partial charge in [0, 0.05) is 0 Å². The molecule has 10 heteroatoms. The Labute approximate surface area is 163 Å². The molecule has 1 aliphatic rings. The number of carbonyl (C=O) groups is 1. The average Bonchev–Trinajstić information content (AvgIpc) is 2.90. The van der Waals surface area contributed by atoms with Crippen LogP contribution in [-0.2, 0) is 20.3 Å². The van der Waals surface area contributed by atoms with Crippen LogP contribution in [-0.4, -0.2) is 66.7 Å². The number of rotatable bonds is 1. The highest BCUT2D eigenvalue weighted by molar-refractivity contribution is 7.89. The van der Waals surface area contributed by atoms with Crippen molar-refractivity contribution in [2.45, 2.75) is 38.8 Å². The van der Waals surface area contributed by atoms with E-state index in [1.54, 1.807) is 45.4 Å². The van der Waals surface area contributed by atoms with Crippen molar-refractivity contribution < 1.29 is 22.5 Å². The van der Waals surface area contributed by atoms with E-state index in [-0.39, 0.29) is 11.7 Å². The predicted molar refractivity (Wildman–Crippen MR) is 103 cm³/mol. The molecule has 1 atom stereocenters. The summed E-state index contributed by atoms with van der Waals surface area (Å²) in [5.74, 6) is 0.0521. The molecule has 2 heterocycles. The Kier molecular flexibility index (Phi) is 5.40. The first-order valence-corrected chi connectivity index (χ1v) is 10.8. The van der Waals surface area contributed by atoms with Crippen molar-refractivity contribution in [2.24, 2.45) is 0 Å². The van der Waals surface area contributed by atoms with E-state index in [9.17, 15) is 13.2 Å². The molecule has 1 aromatic rings. The fraction of sp³-hybridized carbons (Fsp3) is 0.625. The lowest BCUT2D eigenvalue weighted by Crippen LogP contribution is -2.61. The molecule has 1 aromatic heterocycles. The van der Waals surface area contributed by atoms with Crippen LogP contribution in [0.2, 0.25) is 5.02 Å². The number of sulfonamides is 1. The third-order valence-corrected chi connectivity index (χ3v) is 7.80. The topological polar surface area (TPSA) is 69.9 Å². The summed E-state index contributed by atoms with van der Waals surface area (Å²) >= 11 is 7.68. The van der Waals surface area contributed by atoms with Gasteiger partial charge in [-0.2, -0.15) is 17.6 Å². The van der Waals surface area contributed by atoms with Gasteiger partial charge in [-0.15, -0.1) is 11.3 Å². The molecule has 146 valence electrons. The Bertz CT molecular complexity index is 857. The van der Waals surface area contributed by atoms with E-state index in [4.69, 9.17) is 16.3 Å². The lowest BCUT2D eigenvalue weighted by atomic mass is 10.0. The van der Waals surface area contributed by atoms with Gasteiger partial charge in [0.05, 0.1) is 31.0 Å². The van der Waals surface area contributed by atoms with Crippen LogP contribution < -0.4 is 0 Å². The van der Waals surface area contributed by atoms with Crippen LogP contribution in [0, 0.1) is 0 Å². The Hall–Kier alpha value is -1.32. The van der Waals surface area contributed by atoms with Crippen molar-refractivity contribution in [3.63, 3.8) is 0 Å². The van der Waals surface area contributed by atoms with Crippen LogP contribution in [0.15, 0.2) is 11.4 Å². The van der Waals surface area contributed by atoms with E-state index in [1.807, 2.05) is 5.38 Å². The quantitative estimate of drug-likeness (QED) is 0.652. The molecular weight excluding hydrogens is 398 g/mol. The van der Waals surface area contributed by atoms with E-state index >= 15 is 0 Å². The third-order valence-electron chi connectivity index (χ3n) is 4.28. The molecule has 0 fully saturated rings. The molecule has 0 radical (unpaired) electrons. The molecule has 1 unspecified atom stereocenters. The summed E-state index contributed by atoms with van der Waals surface area (Å²) in [6, 6.07) is 1.74. The van der Waals surface area contributed by atoms with Crippen molar-refractivity contribution in [1.29, 1.82) is 0 Å². The van der Waals surface area contributed by atoms with E-state index in [2.05, 4.69) is 0 Å². The van der Waals surface area contributed by atoms with Crippen molar-refractivity contribution in [1.82, 2.24) is 9.21 Å². The monoisotopic (exact) mass is 422 g/mol. The molecule has 0 saturated heterocycles. The van der Waals surface area contributed by atoms with Crippen LogP contribution >= 0.6 is 22.9 Å². The zero-order valence-corrected chi connectivity index (χ0v) is 18.4. The van der Waals surface area contributed by atoms with Gasteiger partial charge in [-0.25, -0.2) is 4.79 Å². The first-order chi connectivity index (χ1) is 11.7. The Balaban J connectivity index is 2.62. The van der Waals surface area contributed by atoms with Gasteiger partial charge >= 0.3 is 12.1 Å². The zero-order valence-electron chi connectivity index (χ0n) is 16.0. The first kappa shape index (κ1) is 21.0. The molecule has 2 rings (SSSR count). The maximum absolute atomic E-state index is 12.8. The van der Waals surface area contributed by atoms with Crippen LogP contribution in [0.1, 0.15) is 32.6 Å². The number of amides is 1. The zero-order chi connectivity index (χ0) is 20.1. The number of nitrogens with zero attached hydrogens (tertiary/aromatic N) is 3. The third kappa shape index (κ3) is 3.70. The Morgan fingerprint density at radius 1 is 1.46 bits per heavy atom. The molecule has 0 aliphatic carbocycles. The number of halogens is 1. The number of hydrogen-bond donors (Lipinski definition) is 0. The normalized spacial score (nSPS) is 23.2. The van der Waals surface area contributed by atoms with Gasteiger partial charge in [0.15, 0.2) is 0 Å². The maximum atomic E-state index is 12.8. The standard InChI is InChI=1S/C16H25ClN3O4S2/c1-15(2,3)24-14(21)18(5)13-19(6)16(4,10-26(22,23)20(13)7)12-11(17)8-9-25-12/h8-9H,10H2,1-7H3/q+1. The lowest BCUT2D eigenvalue weighted by molar-refractivity contribution is -0.591. The predicted octanol–water partition coefficient (Wildman–Crippen LogP) is 2.76. The summed E-state index contributed by atoms with van der Waals surface area (Å²) < 4.78 is 33.9. The smallest absolute Gasteiger partial charge is 0.432 e. The van der Waals surface area contributed by atoms with Crippen molar-refractivity contribution >= 4 is 45.0 Å². The van der Waals surface area contributed by atoms with Crippen LogP contribution in [0.5, 0.6) is 0 Å². The second-order valence-corrected chi connectivity index (χ2v) is 10.8. The van der Waals surface area contributed by atoms with E-state index in [0.29, 0.717) is 5.02 Å². The van der Waals surface area contributed by atoms with Crippen LogP contribution in [0.25, 0.3) is 0 Å². The Morgan fingerprint density at radius 2 is 2.04 bits per heavy atom. The summed E-state index contributed by atoms with van der Waals surface area (Å²) in [6.07, 6.45) is -0.636. The number of thiophene rings is 1. The van der Waals surface area contributed by atoms with Crippen LogP contribution in [0.4, 0.5) is 4.79 Å². The van der Waals surface area contributed by atoms with Crippen molar-refractivity contribution in [2.75, 3.05) is 26.9 Å². The molecule has 0 bridgehead atoms. The molecule has 0 aromatic carbocycles. The second-order valence-electron chi connectivity index (χ2n) is 7.49. The molecule has 1 amide bonds. The molecule has 1 aliphatic heterocycles. The minimum absolute atomic E-state index is 0.154. The molecule has 0 spiro atoms. The van der Waals surface area contributed by atoms with Crippen LogP contribution in [0.3, 0.4) is 0 Å². The number of hydrogen-bond acceptors (Lipinski definition) is 5. The molecule has 0 N–H and O–H groups in total. The van der Waals surface area contributed by atoms with Gasteiger partial charge in [0.25, 0.3) is 10.0 Å². The van der Waals surface area contributed by atoms with Gasteiger partial charge < -0.3 is 4.74 Å². The first-order valence-electron chi connectivity index (χ1n) is 7.98. The fourth-order valence-electron chi connectivity index (χ4n) is 2.85. The molecule has 26 heavy (non-hydrogen) atoms. The van der Waals surface area contributed by atoms with E-state index < -0.39 is 27.3 Å². The summed E-state index contributed by atoms with van der Waals surface area (Å²) in [6.45, 7) is 7.07. The average molecular weight is 423 g/mol. The SMILES string of the molecule is CN(C(=O)OC(C)(C)C)C1=[N+](C)C(C)(c2sccc2Cl)CS(=O)(=O)N1C. The van der Waals surface area contributed by atoms with Crippen molar-refractivity contribution in [3.05, 3.63) is 21.3 Å². The molecular formula is C16H25ClN3O4S2+. The maximum Gasteiger partial charge on any atom is 0.479 e. The highest BCUT2D eigenvalue weighted by Crippen LogP contribution is 2.39. The summed E-state index contributed by atoms with van der Waals surface area (Å²) in [4.78, 5) is 14.5. The van der Waals surface area contributed by atoms with Gasteiger partial charge in [0.1, 0.15) is 16.9 Å². The number of guanidine groups is 1. The number of carbonyl (C=O) groups excluding carboxylic acids is 1. The highest BCUT2D eigenvalue weighted by Gasteiger charge is 2.52. The second kappa shape index (κ2) is 6.69. The summed E-state index contributed by atoms with van der Waals surface area (Å²) in [5, 5.41) is 2.32. The van der Waals surface area contributed by atoms with Gasteiger partial charge in [0.2, 0.25) is 0 Å². The minimum Gasteiger partial charge on any atom is -0.432 e. The van der Waals surface area contributed by atoms with Crippen molar-refractivity contribution in [3.8, 4) is 0 Å². The minimum atomic E-state index is -3.66. The van der Waals surface area contributed by atoms with E-state index in [0.717, 1.165) is 9.18 Å². The Morgan fingerprint density at radius 3 is 2.50 bits per heavy atom. The summed E-state index contributed by atoms with van der Waals surface area (Å²) in [5.41, 5.74) is -1.61. The van der Waals surface area contributed by atoms with E-state index in [1.165, 1.54) is 30.3 Å². The van der Waals surface area contributed by atoms with Gasteiger partial charge in [-0.05, 0) is 39.1 Å². The van der Waals surface area contributed by atoms with Gasteiger partial charge in [-0.1, -0.05) is 11.6 Å². The lowest BCUT2D eigenvalue weighted by Gasteiger charge is -2.38. The molecule has 0 saturated carbocycles. The molecule has 7 nitrogen and oxygen atoms in total. The van der Waals surface area contributed by atoms with Gasteiger partial charge in [-0.3, -0.25) is 4.58 Å². The summed E-state index contributed by atoms with van der Waals surface area (Å²) in [7, 11) is 1.01. The largest absolute Gasteiger partial charge is 0.479 e.